The van der Waals surface area contributed by atoms with Crippen LogP contribution in [0.2, 0.25) is 0 Å². The lowest BCUT2D eigenvalue weighted by atomic mass is 10.1. The quantitative estimate of drug-likeness (QED) is 0.721. The summed E-state index contributed by atoms with van der Waals surface area (Å²) in [6.45, 7) is 1.67. The maximum atomic E-state index is 12.7. The van der Waals surface area contributed by atoms with E-state index in [1.807, 2.05) is 18.2 Å². The number of sulfonamides is 2. The van der Waals surface area contributed by atoms with Crippen LogP contribution >= 0.6 is 12.4 Å². The molecule has 1 aliphatic heterocycles. The van der Waals surface area contributed by atoms with Crippen molar-refractivity contribution in [3.63, 3.8) is 0 Å². The van der Waals surface area contributed by atoms with E-state index in [0.717, 1.165) is 28.5 Å². The summed E-state index contributed by atoms with van der Waals surface area (Å²) in [4.78, 5) is -0.493. The summed E-state index contributed by atoms with van der Waals surface area (Å²) in [7, 11) is -5.14. The monoisotopic (exact) mass is 431 g/mol. The third-order valence-electron chi connectivity index (χ3n) is 4.27. The summed E-state index contributed by atoms with van der Waals surface area (Å²) in [5.41, 5.74) is 3.18. The molecule has 148 valence electrons. The van der Waals surface area contributed by atoms with Crippen molar-refractivity contribution in [1.29, 1.82) is 0 Å². The minimum Gasteiger partial charge on any atom is -0.309 e. The number of rotatable bonds is 6. The van der Waals surface area contributed by atoms with E-state index >= 15 is 0 Å². The second kappa shape index (κ2) is 8.26. The zero-order valence-electron chi connectivity index (χ0n) is 15.0. The fraction of sp³-hybridized carbons (Fsp3) is 0.294. The Morgan fingerprint density at radius 1 is 0.963 bits per heavy atom. The van der Waals surface area contributed by atoms with Crippen LogP contribution in [0, 0.1) is 0 Å². The van der Waals surface area contributed by atoms with Crippen molar-refractivity contribution in [2.45, 2.75) is 29.4 Å². The van der Waals surface area contributed by atoms with Gasteiger partial charge in [-0.3, -0.25) is 0 Å². The largest absolute Gasteiger partial charge is 0.309 e. The molecule has 1 heterocycles. The van der Waals surface area contributed by atoms with Crippen molar-refractivity contribution < 1.29 is 16.8 Å². The first-order chi connectivity index (χ1) is 12.2. The lowest BCUT2D eigenvalue weighted by Crippen LogP contribution is -2.28. The average molecular weight is 432 g/mol. The first-order valence-corrected chi connectivity index (χ1v) is 11.0. The number of nitrogens with one attached hydrogen (secondary N) is 2. The predicted molar refractivity (Wildman–Crippen MR) is 106 cm³/mol. The highest BCUT2D eigenvalue weighted by molar-refractivity contribution is 7.92. The van der Waals surface area contributed by atoms with Crippen LogP contribution in [-0.4, -0.2) is 35.2 Å². The molecule has 27 heavy (non-hydrogen) atoms. The fourth-order valence-corrected chi connectivity index (χ4v) is 5.51. The lowest BCUT2D eigenvalue weighted by molar-refractivity contribution is 0.516. The molecule has 3 rings (SSSR count). The molecule has 0 spiro atoms. The Hall–Kier alpha value is -1.49. The van der Waals surface area contributed by atoms with E-state index in [0.29, 0.717) is 0 Å². The van der Waals surface area contributed by atoms with Gasteiger partial charge in [-0.05, 0) is 28.8 Å². The summed E-state index contributed by atoms with van der Waals surface area (Å²) < 4.78 is 53.8. The molecule has 0 atom stereocenters. The molecule has 1 aliphatic rings. The third-order valence-corrected chi connectivity index (χ3v) is 7.73. The molecule has 2 N–H and O–H groups in total. The van der Waals surface area contributed by atoms with Gasteiger partial charge in [-0.1, -0.05) is 30.3 Å². The van der Waals surface area contributed by atoms with Gasteiger partial charge in [0, 0.05) is 33.7 Å². The summed E-state index contributed by atoms with van der Waals surface area (Å²) in [6, 6.07) is 11.4. The highest BCUT2D eigenvalue weighted by atomic mass is 35.5. The van der Waals surface area contributed by atoms with E-state index in [4.69, 9.17) is 0 Å². The average Bonchev–Trinajstić information content (AvgIpc) is 3.07. The third kappa shape index (κ3) is 4.50. The molecule has 2 aromatic carbocycles. The number of benzene rings is 2. The van der Waals surface area contributed by atoms with Gasteiger partial charge < -0.3 is 5.32 Å². The number of hydrogen-bond donors (Lipinski definition) is 2. The number of fused-ring (bicyclic) bond motifs is 1. The smallest absolute Gasteiger partial charge is 0.243 e. The Bertz CT molecular complexity index is 1040. The van der Waals surface area contributed by atoms with Crippen LogP contribution in [0.25, 0.3) is 0 Å². The normalized spacial score (nSPS) is 14.0. The number of halogens is 1. The Labute approximate surface area is 166 Å². The van der Waals surface area contributed by atoms with Crippen LogP contribution in [-0.2, 0) is 39.7 Å². The zero-order chi connectivity index (χ0) is 18.9. The molecular formula is C17H22ClN3O4S2. The molecule has 7 nitrogen and oxygen atoms in total. The van der Waals surface area contributed by atoms with Crippen LogP contribution in [0.15, 0.2) is 52.3 Å². The van der Waals surface area contributed by atoms with Crippen molar-refractivity contribution in [2.75, 3.05) is 14.1 Å². The van der Waals surface area contributed by atoms with E-state index in [2.05, 4.69) is 10.0 Å². The van der Waals surface area contributed by atoms with Gasteiger partial charge in [0.2, 0.25) is 20.0 Å². The van der Waals surface area contributed by atoms with E-state index < -0.39 is 20.0 Å². The SMILES string of the molecule is CN(C)S(=O)(=O)c1ccccc1S(=O)(=O)NCc1ccc2c(c1)CNC2.Cl. The van der Waals surface area contributed by atoms with Crippen molar-refractivity contribution in [2.24, 2.45) is 0 Å². The molecule has 10 heteroatoms. The maximum absolute atomic E-state index is 12.7. The zero-order valence-corrected chi connectivity index (χ0v) is 17.4. The first kappa shape index (κ1) is 21.8. The van der Waals surface area contributed by atoms with Crippen LogP contribution in [0.1, 0.15) is 16.7 Å². The number of nitrogens with zero attached hydrogens (tertiary/aromatic N) is 1. The lowest BCUT2D eigenvalue weighted by Gasteiger charge is -2.15. The maximum Gasteiger partial charge on any atom is 0.243 e. The summed E-state index contributed by atoms with van der Waals surface area (Å²) in [5, 5.41) is 3.24. The molecule has 0 unspecified atom stereocenters. The molecule has 0 saturated heterocycles. The molecule has 0 aromatic heterocycles. The second-order valence-electron chi connectivity index (χ2n) is 6.27. The molecular weight excluding hydrogens is 410 g/mol. The highest BCUT2D eigenvalue weighted by Crippen LogP contribution is 2.23. The van der Waals surface area contributed by atoms with Crippen LogP contribution in [0.5, 0.6) is 0 Å². The molecule has 0 saturated carbocycles. The first-order valence-electron chi connectivity index (χ1n) is 8.04. The van der Waals surface area contributed by atoms with E-state index in [9.17, 15) is 16.8 Å². The molecule has 2 aromatic rings. The Balaban J connectivity index is 0.00000261. The Kier molecular flexibility index (Phi) is 6.67. The van der Waals surface area contributed by atoms with Crippen LogP contribution in [0.4, 0.5) is 0 Å². The van der Waals surface area contributed by atoms with Crippen molar-refractivity contribution in [3.05, 3.63) is 59.2 Å². The van der Waals surface area contributed by atoms with Gasteiger partial charge in [0.05, 0.1) is 0 Å². The predicted octanol–water partition coefficient (Wildman–Crippen LogP) is 1.44. The van der Waals surface area contributed by atoms with Crippen molar-refractivity contribution in [3.8, 4) is 0 Å². The van der Waals surface area contributed by atoms with E-state index in [1.165, 1.54) is 43.9 Å². The molecule has 0 fully saturated rings. The van der Waals surface area contributed by atoms with Crippen molar-refractivity contribution in [1.82, 2.24) is 14.3 Å². The summed E-state index contributed by atoms with van der Waals surface area (Å²) in [5.74, 6) is 0. The highest BCUT2D eigenvalue weighted by Gasteiger charge is 2.27. The van der Waals surface area contributed by atoms with Crippen LogP contribution < -0.4 is 10.0 Å². The van der Waals surface area contributed by atoms with Gasteiger partial charge in [0.1, 0.15) is 9.79 Å². The van der Waals surface area contributed by atoms with Crippen LogP contribution in [0.3, 0.4) is 0 Å². The van der Waals surface area contributed by atoms with Gasteiger partial charge in [-0.15, -0.1) is 12.4 Å². The van der Waals surface area contributed by atoms with Gasteiger partial charge in [0.15, 0.2) is 0 Å². The van der Waals surface area contributed by atoms with Gasteiger partial charge in [-0.25, -0.2) is 25.9 Å². The van der Waals surface area contributed by atoms with E-state index in [-0.39, 0.29) is 28.7 Å². The Morgan fingerprint density at radius 3 is 2.26 bits per heavy atom. The Morgan fingerprint density at radius 2 is 1.59 bits per heavy atom. The van der Waals surface area contributed by atoms with Gasteiger partial charge >= 0.3 is 0 Å². The van der Waals surface area contributed by atoms with Crippen molar-refractivity contribution >= 4 is 32.5 Å². The molecule has 0 radical (unpaired) electrons. The standard InChI is InChI=1S/C17H21N3O4S2.ClH/c1-20(2)26(23,24)17-6-4-3-5-16(17)25(21,22)19-10-13-7-8-14-11-18-12-15(14)9-13;/h3-9,18-19H,10-12H2,1-2H3;1H. The topological polar surface area (TPSA) is 95.6 Å². The summed E-state index contributed by atoms with van der Waals surface area (Å²) >= 11 is 0. The minimum atomic E-state index is -3.99. The molecule has 0 bridgehead atoms. The fourth-order valence-electron chi connectivity index (χ4n) is 2.80. The van der Waals surface area contributed by atoms with E-state index in [1.54, 1.807) is 0 Å². The minimum absolute atomic E-state index is 0. The van der Waals surface area contributed by atoms with Gasteiger partial charge in [-0.2, -0.15) is 0 Å². The molecule has 0 amide bonds. The number of hydrogen-bond acceptors (Lipinski definition) is 5. The summed E-state index contributed by atoms with van der Waals surface area (Å²) in [6.07, 6.45) is 0. The second-order valence-corrected chi connectivity index (χ2v) is 10.1. The molecule has 0 aliphatic carbocycles. The van der Waals surface area contributed by atoms with Gasteiger partial charge in [0.25, 0.3) is 0 Å².